The van der Waals surface area contributed by atoms with Gasteiger partial charge in [-0.25, -0.2) is 9.78 Å². The fourth-order valence-corrected chi connectivity index (χ4v) is 2.46. The van der Waals surface area contributed by atoms with Crippen LogP contribution < -0.4 is 5.32 Å². The van der Waals surface area contributed by atoms with Crippen molar-refractivity contribution in [1.29, 1.82) is 0 Å². The van der Waals surface area contributed by atoms with Crippen LogP contribution >= 0.6 is 11.3 Å². The van der Waals surface area contributed by atoms with Crippen LogP contribution in [0.3, 0.4) is 0 Å². The van der Waals surface area contributed by atoms with Crippen molar-refractivity contribution in [2.75, 3.05) is 0 Å². The molecule has 0 aromatic carbocycles. The molecule has 106 valence electrons. The van der Waals surface area contributed by atoms with Crippen LogP contribution in [0.5, 0.6) is 0 Å². The molecule has 20 heavy (non-hydrogen) atoms. The number of carbonyl (C=O) groups is 2. The molecule has 0 bridgehead atoms. The standard InChI is InChI=1S/C13H14N2O4S/c1-2-10(13(17)18)15-11(16)5-9-7-20-12(14-9)8-3-4-19-6-8/h3-4,6-7,10H,2,5H2,1H3,(H,15,16)(H,17,18). The van der Waals surface area contributed by atoms with Crippen LogP contribution in [0.1, 0.15) is 19.0 Å². The Morgan fingerprint density at radius 2 is 2.35 bits per heavy atom. The number of amides is 1. The van der Waals surface area contributed by atoms with E-state index in [2.05, 4.69) is 10.3 Å². The van der Waals surface area contributed by atoms with E-state index in [1.165, 1.54) is 11.3 Å². The average molecular weight is 294 g/mol. The molecule has 1 atom stereocenters. The quantitative estimate of drug-likeness (QED) is 0.849. The molecule has 0 saturated carbocycles. The predicted octanol–water partition coefficient (Wildman–Crippen LogP) is 1.92. The van der Waals surface area contributed by atoms with E-state index in [4.69, 9.17) is 9.52 Å². The van der Waals surface area contributed by atoms with Crippen LogP contribution in [0.25, 0.3) is 10.6 Å². The summed E-state index contributed by atoms with van der Waals surface area (Å²) in [7, 11) is 0. The molecule has 6 nitrogen and oxygen atoms in total. The van der Waals surface area contributed by atoms with E-state index in [9.17, 15) is 9.59 Å². The van der Waals surface area contributed by atoms with E-state index in [0.29, 0.717) is 12.1 Å². The second-order valence-electron chi connectivity index (χ2n) is 4.20. The van der Waals surface area contributed by atoms with E-state index in [1.54, 1.807) is 30.9 Å². The molecule has 2 N–H and O–H groups in total. The second kappa shape index (κ2) is 6.33. The molecule has 0 aliphatic carbocycles. The Morgan fingerprint density at radius 3 is 2.95 bits per heavy atom. The highest BCUT2D eigenvalue weighted by Crippen LogP contribution is 2.24. The van der Waals surface area contributed by atoms with Crippen LogP contribution in [0, 0.1) is 0 Å². The summed E-state index contributed by atoms with van der Waals surface area (Å²) in [6, 6.07) is 0.940. The Hall–Kier alpha value is -2.15. The summed E-state index contributed by atoms with van der Waals surface area (Å²) in [5.41, 5.74) is 1.47. The van der Waals surface area contributed by atoms with Crippen LogP contribution in [0.15, 0.2) is 28.4 Å². The van der Waals surface area contributed by atoms with Crippen molar-refractivity contribution < 1.29 is 19.1 Å². The van der Waals surface area contributed by atoms with Crippen molar-refractivity contribution >= 4 is 23.2 Å². The number of aliphatic carboxylic acids is 1. The molecule has 0 spiro atoms. The first kappa shape index (κ1) is 14.3. The SMILES string of the molecule is CCC(NC(=O)Cc1csc(-c2ccoc2)n1)C(=O)O. The number of nitrogens with zero attached hydrogens (tertiary/aromatic N) is 1. The molecule has 0 aliphatic heterocycles. The van der Waals surface area contributed by atoms with Gasteiger partial charge in [0.15, 0.2) is 0 Å². The van der Waals surface area contributed by atoms with Crippen LogP contribution in [-0.4, -0.2) is 28.0 Å². The number of carbonyl (C=O) groups excluding carboxylic acids is 1. The Labute approximate surface area is 119 Å². The summed E-state index contributed by atoms with van der Waals surface area (Å²) >= 11 is 1.41. The lowest BCUT2D eigenvalue weighted by Crippen LogP contribution is -2.41. The number of hydrogen-bond acceptors (Lipinski definition) is 5. The number of furan rings is 1. The number of carboxylic acids is 1. The molecule has 0 aliphatic rings. The summed E-state index contributed by atoms with van der Waals surface area (Å²) in [6.45, 7) is 1.71. The topological polar surface area (TPSA) is 92.4 Å². The van der Waals surface area contributed by atoms with Crippen molar-refractivity contribution in [2.45, 2.75) is 25.8 Å². The van der Waals surface area contributed by atoms with Crippen molar-refractivity contribution in [2.24, 2.45) is 0 Å². The van der Waals surface area contributed by atoms with Crippen molar-refractivity contribution in [1.82, 2.24) is 10.3 Å². The molecule has 1 amide bonds. The number of aromatic nitrogens is 1. The lowest BCUT2D eigenvalue weighted by atomic mass is 10.2. The van der Waals surface area contributed by atoms with Gasteiger partial charge in [-0.2, -0.15) is 0 Å². The Balaban J connectivity index is 1.97. The van der Waals surface area contributed by atoms with E-state index in [1.807, 2.05) is 0 Å². The third kappa shape index (κ3) is 3.45. The molecule has 7 heteroatoms. The summed E-state index contributed by atoms with van der Waals surface area (Å²) in [6.07, 6.45) is 3.55. The minimum Gasteiger partial charge on any atom is -0.480 e. The van der Waals surface area contributed by atoms with E-state index >= 15 is 0 Å². The molecule has 0 fully saturated rings. The van der Waals surface area contributed by atoms with Gasteiger partial charge in [0.25, 0.3) is 0 Å². The Kier molecular flexibility index (Phi) is 4.52. The number of rotatable bonds is 6. The van der Waals surface area contributed by atoms with E-state index in [0.717, 1.165) is 10.6 Å². The highest BCUT2D eigenvalue weighted by atomic mass is 32.1. The van der Waals surface area contributed by atoms with Gasteiger partial charge in [-0.15, -0.1) is 11.3 Å². The second-order valence-corrected chi connectivity index (χ2v) is 5.06. The lowest BCUT2D eigenvalue weighted by Gasteiger charge is -2.11. The first-order chi connectivity index (χ1) is 9.60. The summed E-state index contributed by atoms with van der Waals surface area (Å²) < 4.78 is 4.97. The summed E-state index contributed by atoms with van der Waals surface area (Å²) in [5, 5.41) is 13.9. The average Bonchev–Trinajstić information content (AvgIpc) is 3.05. The fraction of sp³-hybridized carbons (Fsp3) is 0.308. The largest absolute Gasteiger partial charge is 0.480 e. The molecule has 2 rings (SSSR count). The monoisotopic (exact) mass is 294 g/mol. The third-order valence-corrected chi connectivity index (χ3v) is 3.64. The van der Waals surface area contributed by atoms with Crippen LogP contribution in [0.4, 0.5) is 0 Å². The van der Waals surface area contributed by atoms with E-state index < -0.39 is 12.0 Å². The molecule has 2 aromatic rings. The number of hydrogen-bond donors (Lipinski definition) is 2. The van der Waals surface area contributed by atoms with Gasteiger partial charge in [-0.05, 0) is 12.5 Å². The zero-order valence-electron chi connectivity index (χ0n) is 10.8. The number of carboxylic acid groups (broad SMARTS) is 1. The van der Waals surface area contributed by atoms with Crippen molar-refractivity contribution in [3.8, 4) is 10.6 Å². The molecule has 0 saturated heterocycles. The van der Waals surface area contributed by atoms with Gasteiger partial charge in [-0.1, -0.05) is 6.92 Å². The molecule has 2 aromatic heterocycles. The maximum absolute atomic E-state index is 11.8. The predicted molar refractivity (Wildman–Crippen MR) is 73.4 cm³/mol. The van der Waals surface area contributed by atoms with Gasteiger partial charge >= 0.3 is 5.97 Å². The first-order valence-electron chi connectivity index (χ1n) is 6.09. The van der Waals surface area contributed by atoms with Gasteiger partial charge in [0.1, 0.15) is 17.3 Å². The lowest BCUT2D eigenvalue weighted by molar-refractivity contribution is -0.141. The minimum atomic E-state index is -1.03. The van der Waals surface area contributed by atoms with Crippen LogP contribution in [-0.2, 0) is 16.0 Å². The van der Waals surface area contributed by atoms with Gasteiger partial charge in [0.2, 0.25) is 5.91 Å². The fourth-order valence-electron chi connectivity index (χ4n) is 1.66. The van der Waals surface area contributed by atoms with E-state index in [-0.39, 0.29) is 12.3 Å². The van der Waals surface area contributed by atoms with Crippen molar-refractivity contribution in [3.05, 3.63) is 29.7 Å². The maximum atomic E-state index is 11.8. The van der Waals surface area contributed by atoms with Crippen molar-refractivity contribution in [3.63, 3.8) is 0 Å². The smallest absolute Gasteiger partial charge is 0.326 e. The van der Waals surface area contributed by atoms with Gasteiger partial charge in [0.05, 0.1) is 18.4 Å². The Bertz CT molecular complexity index is 591. The highest BCUT2D eigenvalue weighted by Gasteiger charge is 2.18. The molecule has 0 radical (unpaired) electrons. The maximum Gasteiger partial charge on any atom is 0.326 e. The Morgan fingerprint density at radius 1 is 1.55 bits per heavy atom. The third-order valence-electron chi connectivity index (χ3n) is 2.70. The van der Waals surface area contributed by atoms with Gasteiger partial charge in [0, 0.05) is 10.9 Å². The molecular formula is C13H14N2O4S. The zero-order chi connectivity index (χ0) is 14.5. The normalized spacial score (nSPS) is 12.1. The zero-order valence-corrected chi connectivity index (χ0v) is 11.6. The summed E-state index contributed by atoms with van der Waals surface area (Å²) in [4.78, 5) is 26.9. The molecule has 1 unspecified atom stereocenters. The summed E-state index contributed by atoms with van der Waals surface area (Å²) in [5.74, 6) is -1.37. The number of nitrogens with one attached hydrogen (secondary N) is 1. The molecular weight excluding hydrogens is 280 g/mol. The van der Waals surface area contributed by atoms with Crippen LogP contribution in [0.2, 0.25) is 0 Å². The highest BCUT2D eigenvalue weighted by molar-refractivity contribution is 7.13. The van der Waals surface area contributed by atoms with Gasteiger partial charge < -0.3 is 14.8 Å². The minimum absolute atomic E-state index is 0.0676. The first-order valence-corrected chi connectivity index (χ1v) is 6.97. The molecule has 2 heterocycles. The van der Waals surface area contributed by atoms with Gasteiger partial charge in [-0.3, -0.25) is 4.79 Å². The number of thiazole rings is 1.